The van der Waals surface area contributed by atoms with Gasteiger partial charge in [-0.2, -0.15) is 17.7 Å². The summed E-state index contributed by atoms with van der Waals surface area (Å²) in [6.07, 6.45) is -6.29. The van der Waals surface area contributed by atoms with Gasteiger partial charge in [-0.1, -0.05) is 60.3 Å². The Hall–Kier alpha value is -2.99. The van der Waals surface area contributed by atoms with E-state index in [2.05, 4.69) is 45.3 Å². The third-order valence-electron chi connectivity index (χ3n) is 5.91. The van der Waals surface area contributed by atoms with Crippen LogP contribution in [0.5, 0.6) is 11.5 Å². The first kappa shape index (κ1) is 31.2. The fraction of sp³-hybridized carbons (Fsp3) is 0.640. The van der Waals surface area contributed by atoms with E-state index in [4.69, 9.17) is 5.73 Å². The topological polar surface area (TPSA) is 87.6 Å². The SMILES string of the molecule is CCC(C)CC.CCCCC(F)C(F)(F)F.CCCc1nc2c3ccc4c(c3nc(N)n2n1)OC(F)(F)O4. The van der Waals surface area contributed by atoms with Gasteiger partial charge < -0.3 is 15.2 Å². The molecule has 13 heteroatoms. The van der Waals surface area contributed by atoms with Gasteiger partial charge in [0.05, 0.1) is 0 Å². The molecule has 4 rings (SSSR count). The normalized spacial score (nSPS) is 14.7. The molecule has 2 aromatic heterocycles. The van der Waals surface area contributed by atoms with Crippen LogP contribution in [0.25, 0.3) is 16.6 Å². The first-order chi connectivity index (χ1) is 17.8. The predicted octanol–water partition coefficient (Wildman–Crippen LogP) is 7.65. The minimum Gasteiger partial charge on any atom is -0.395 e. The zero-order valence-electron chi connectivity index (χ0n) is 22.2. The number of fused-ring (bicyclic) bond motifs is 5. The molecule has 38 heavy (non-hydrogen) atoms. The molecule has 1 aromatic carbocycles. The van der Waals surface area contributed by atoms with Crippen molar-refractivity contribution in [3.63, 3.8) is 0 Å². The first-order valence-corrected chi connectivity index (χ1v) is 12.7. The van der Waals surface area contributed by atoms with Gasteiger partial charge in [-0.15, -0.1) is 13.9 Å². The largest absolute Gasteiger partial charge is 0.586 e. The van der Waals surface area contributed by atoms with Gasteiger partial charge in [0.2, 0.25) is 5.95 Å². The van der Waals surface area contributed by atoms with Crippen molar-refractivity contribution in [1.29, 1.82) is 0 Å². The molecule has 0 amide bonds. The highest BCUT2D eigenvalue weighted by Gasteiger charge is 2.45. The molecule has 214 valence electrons. The van der Waals surface area contributed by atoms with Crippen LogP contribution < -0.4 is 15.2 Å². The number of nitrogen functional groups attached to an aromatic ring is 1. The predicted molar refractivity (Wildman–Crippen MR) is 133 cm³/mol. The van der Waals surface area contributed by atoms with Gasteiger partial charge in [-0.3, -0.25) is 0 Å². The summed E-state index contributed by atoms with van der Waals surface area (Å²) in [5, 5.41) is 4.79. The van der Waals surface area contributed by atoms with E-state index < -0.39 is 25.1 Å². The van der Waals surface area contributed by atoms with Gasteiger partial charge in [-0.25, -0.2) is 14.4 Å². The molecule has 3 heterocycles. The van der Waals surface area contributed by atoms with E-state index in [0.29, 0.717) is 36.1 Å². The molecular weight excluding hydrogens is 516 g/mol. The second-order valence-electron chi connectivity index (χ2n) is 9.01. The number of anilines is 1. The molecule has 3 aromatic rings. The van der Waals surface area contributed by atoms with Gasteiger partial charge in [-0.05, 0) is 30.9 Å². The molecule has 0 bridgehead atoms. The van der Waals surface area contributed by atoms with Crippen LogP contribution in [0.15, 0.2) is 12.1 Å². The van der Waals surface area contributed by atoms with E-state index in [1.54, 1.807) is 13.0 Å². The minimum absolute atomic E-state index is 0.0459. The number of ether oxygens (including phenoxy) is 2. The zero-order chi connectivity index (χ0) is 28.7. The Morgan fingerprint density at radius 2 is 1.68 bits per heavy atom. The Kier molecular flexibility index (Phi) is 10.8. The highest BCUT2D eigenvalue weighted by atomic mass is 19.4. The van der Waals surface area contributed by atoms with Gasteiger partial charge in [0.25, 0.3) is 0 Å². The van der Waals surface area contributed by atoms with Crippen LogP contribution in [0.1, 0.15) is 79.0 Å². The van der Waals surface area contributed by atoms with E-state index in [-0.39, 0.29) is 23.0 Å². The molecular formula is C25H35F6N5O2. The lowest BCUT2D eigenvalue weighted by Gasteiger charge is -2.10. The Labute approximate surface area is 217 Å². The summed E-state index contributed by atoms with van der Waals surface area (Å²) in [5.74, 6) is 1.37. The lowest BCUT2D eigenvalue weighted by molar-refractivity contribution is -0.286. The standard InChI is InChI=1S/C13H11F2N5O2.C6H10F4.C6H14/c1-2-3-8-17-11-6-4-5-7-10(22-13(14,15)21-7)9(6)18-12(16)20(11)19-8;1-2-3-4-5(7)6(8,9)10;1-4-6(3)5-2/h4-5H,2-3H2,1H3,(H2,16,18);5H,2-4H2,1H3;6H,4-5H2,1-3H3. The molecule has 1 aliphatic rings. The van der Waals surface area contributed by atoms with E-state index in [0.717, 1.165) is 12.3 Å². The van der Waals surface area contributed by atoms with Gasteiger partial charge in [0, 0.05) is 11.8 Å². The Balaban J connectivity index is 0.000000265. The Bertz CT molecular complexity index is 1180. The molecule has 0 saturated heterocycles. The Morgan fingerprint density at radius 1 is 1.03 bits per heavy atom. The molecule has 1 unspecified atom stereocenters. The molecule has 0 saturated carbocycles. The third-order valence-corrected chi connectivity index (χ3v) is 5.91. The van der Waals surface area contributed by atoms with E-state index >= 15 is 0 Å². The molecule has 1 atom stereocenters. The molecule has 7 nitrogen and oxygen atoms in total. The van der Waals surface area contributed by atoms with Crippen molar-refractivity contribution in [1.82, 2.24) is 19.6 Å². The lowest BCUT2D eigenvalue weighted by atomic mass is 10.1. The number of hydrogen-bond acceptors (Lipinski definition) is 6. The van der Waals surface area contributed by atoms with Crippen molar-refractivity contribution >= 4 is 22.5 Å². The van der Waals surface area contributed by atoms with Crippen LogP contribution in [0.2, 0.25) is 0 Å². The van der Waals surface area contributed by atoms with Crippen molar-refractivity contribution in [3.05, 3.63) is 18.0 Å². The van der Waals surface area contributed by atoms with Crippen LogP contribution >= 0.6 is 0 Å². The van der Waals surface area contributed by atoms with Gasteiger partial charge in [0.15, 0.2) is 29.1 Å². The van der Waals surface area contributed by atoms with E-state index in [1.165, 1.54) is 23.4 Å². The van der Waals surface area contributed by atoms with Crippen molar-refractivity contribution in [2.24, 2.45) is 5.92 Å². The summed E-state index contributed by atoms with van der Waals surface area (Å²) >= 11 is 0. The number of nitrogens with two attached hydrogens (primary N) is 1. The number of unbranched alkanes of at least 4 members (excludes halogenated alkanes) is 1. The first-order valence-electron chi connectivity index (χ1n) is 12.7. The van der Waals surface area contributed by atoms with Crippen molar-refractivity contribution in [2.45, 2.75) is 98.2 Å². The summed E-state index contributed by atoms with van der Waals surface area (Å²) in [7, 11) is 0. The Morgan fingerprint density at radius 3 is 2.21 bits per heavy atom. The number of hydrogen-bond donors (Lipinski definition) is 1. The fourth-order valence-electron chi connectivity index (χ4n) is 3.31. The summed E-state index contributed by atoms with van der Waals surface area (Å²) in [6, 6.07) is 2.98. The summed E-state index contributed by atoms with van der Waals surface area (Å²) < 4.78 is 83.0. The zero-order valence-corrected chi connectivity index (χ0v) is 22.2. The minimum atomic E-state index is -4.66. The smallest absolute Gasteiger partial charge is 0.395 e. The number of halogens is 6. The van der Waals surface area contributed by atoms with Gasteiger partial charge in [0.1, 0.15) is 5.52 Å². The lowest BCUT2D eigenvalue weighted by Crippen LogP contribution is -2.26. The number of rotatable bonds is 7. The summed E-state index contributed by atoms with van der Waals surface area (Å²) in [6.45, 7) is 10.5. The average molecular weight is 552 g/mol. The average Bonchev–Trinajstić information content (AvgIpc) is 3.42. The highest BCUT2D eigenvalue weighted by Crippen LogP contribution is 2.45. The van der Waals surface area contributed by atoms with Crippen LogP contribution in [-0.2, 0) is 6.42 Å². The quantitative estimate of drug-likeness (QED) is 0.304. The van der Waals surface area contributed by atoms with E-state index in [9.17, 15) is 26.3 Å². The van der Waals surface area contributed by atoms with Crippen LogP contribution in [0.4, 0.5) is 32.3 Å². The maximum Gasteiger partial charge on any atom is 0.586 e. The van der Waals surface area contributed by atoms with Crippen LogP contribution in [0, 0.1) is 5.92 Å². The number of aromatic nitrogens is 4. The van der Waals surface area contributed by atoms with Crippen LogP contribution in [-0.4, -0.2) is 38.2 Å². The maximum atomic E-state index is 13.2. The van der Waals surface area contributed by atoms with Crippen LogP contribution in [0.3, 0.4) is 0 Å². The van der Waals surface area contributed by atoms with Gasteiger partial charge >= 0.3 is 12.5 Å². The third kappa shape index (κ3) is 8.00. The molecule has 0 fully saturated rings. The molecule has 0 radical (unpaired) electrons. The summed E-state index contributed by atoms with van der Waals surface area (Å²) in [5.41, 5.74) is 6.49. The summed E-state index contributed by atoms with van der Waals surface area (Å²) in [4.78, 5) is 8.52. The fourth-order valence-corrected chi connectivity index (χ4v) is 3.31. The molecule has 2 N–H and O–H groups in total. The number of benzene rings is 1. The monoisotopic (exact) mass is 551 g/mol. The van der Waals surface area contributed by atoms with Crippen molar-refractivity contribution < 1.29 is 35.8 Å². The van der Waals surface area contributed by atoms with Crippen molar-refractivity contribution in [2.75, 3.05) is 5.73 Å². The number of alkyl halides is 6. The molecule has 0 spiro atoms. The highest BCUT2D eigenvalue weighted by molar-refractivity contribution is 5.97. The molecule has 0 aliphatic carbocycles. The second kappa shape index (κ2) is 13.2. The molecule has 1 aliphatic heterocycles. The number of aryl methyl sites for hydroxylation is 1. The van der Waals surface area contributed by atoms with E-state index in [1.807, 2.05) is 6.92 Å². The number of nitrogens with zero attached hydrogens (tertiary/aromatic N) is 4. The van der Waals surface area contributed by atoms with Crippen molar-refractivity contribution in [3.8, 4) is 11.5 Å². The maximum absolute atomic E-state index is 13.2. The second-order valence-corrected chi connectivity index (χ2v) is 9.01.